The molecule has 9 heteroatoms. The van der Waals surface area contributed by atoms with Crippen molar-refractivity contribution < 1.29 is 18.0 Å². The fraction of sp³-hybridized carbons (Fsp3) is 0.154. The number of aromatic amines is 1. The third kappa shape index (κ3) is 5.29. The van der Waals surface area contributed by atoms with E-state index >= 15 is 0 Å². The molecule has 1 unspecified atom stereocenters. The quantitative estimate of drug-likeness (QED) is 0.337. The zero-order valence-electron chi connectivity index (χ0n) is 18.9. The molecule has 0 aliphatic heterocycles. The van der Waals surface area contributed by atoms with E-state index in [1.54, 1.807) is 6.07 Å². The highest BCUT2D eigenvalue weighted by Gasteiger charge is 2.31. The maximum atomic E-state index is 13.3. The molecular weight excluding hydrogens is 457 g/mol. The first-order valence-electron chi connectivity index (χ1n) is 10.7. The van der Waals surface area contributed by atoms with Gasteiger partial charge in [-0.1, -0.05) is 42.5 Å². The van der Waals surface area contributed by atoms with E-state index in [4.69, 9.17) is 0 Å². The van der Waals surface area contributed by atoms with Gasteiger partial charge in [-0.15, -0.1) is 0 Å². The number of hydrogen-bond donors (Lipinski definition) is 2. The number of nitrogens with one attached hydrogen (secondary N) is 2. The van der Waals surface area contributed by atoms with Crippen molar-refractivity contribution in [2.24, 2.45) is 0 Å². The first-order chi connectivity index (χ1) is 16.6. The van der Waals surface area contributed by atoms with Crippen LogP contribution in [0.1, 0.15) is 41.4 Å². The van der Waals surface area contributed by atoms with Crippen molar-refractivity contribution in [3.63, 3.8) is 0 Å². The normalized spacial score (nSPS) is 12.3. The van der Waals surface area contributed by atoms with Crippen LogP contribution in [0.15, 0.2) is 77.7 Å². The van der Waals surface area contributed by atoms with Crippen LogP contribution >= 0.6 is 0 Å². The highest BCUT2D eigenvalue weighted by atomic mass is 19.4. The Morgan fingerprint density at radius 1 is 1.03 bits per heavy atom. The average Bonchev–Trinajstić information content (AvgIpc) is 2.84. The smallest absolute Gasteiger partial charge is 0.348 e. The van der Waals surface area contributed by atoms with Gasteiger partial charge in [0.1, 0.15) is 0 Å². The van der Waals surface area contributed by atoms with E-state index in [-0.39, 0.29) is 28.8 Å². The number of Topliss-reactive ketones (excluding diaryl/α,β-unsaturated/α-hetero) is 1. The largest absolute Gasteiger partial charge is 0.416 e. The molecule has 1 atom stereocenters. The van der Waals surface area contributed by atoms with Crippen molar-refractivity contribution in [3.05, 3.63) is 100.0 Å². The van der Waals surface area contributed by atoms with Gasteiger partial charge in [-0.05, 0) is 49.2 Å². The molecule has 2 heterocycles. The summed E-state index contributed by atoms with van der Waals surface area (Å²) in [7, 11) is 0. The van der Waals surface area contributed by atoms with Crippen molar-refractivity contribution in [2.75, 3.05) is 5.32 Å². The minimum absolute atomic E-state index is 0.117. The van der Waals surface area contributed by atoms with Crippen molar-refractivity contribution in [2.45, 2.75) is 26.1 Å². The summed E-state index contributed by atoms with van der Waals surface area (Å²) in [5, 5.41) is 3.20. The van der Waals surface area contributed by atoms with Crippen LogP contribution in [0.5, 0.6) is 0 Å². The van der Waals surface area contributed by atoms with Crippen LogP contribution in [0, 0.1) is 0 Å². The maximum absolute atomic E-state index is 13.3. The highest BCUT2D eigenvalue weighted by Crippen LogP contribution is 2.35. The molecule has 2 N–H and O–H groups in total. The second-order valence-electron chi connectivity index (χ2n) is 7.98. The fourth-order valence-electron chi connectivity index (χ4n) is 3.67. The lowest BCUT2D eigenvalue weighted by Crippen LogP contribution is -2.18. The van der Waals surface area contributed by atoms with Crippen LogP contribution in [0.4, 0.5) is 19.1 Å². The first kappa shape index (κ1) is 23.9. The molecule has 6 nitrogen and oxygen atoms in total. The van der Waals surface area contributed by atoms with Crippen molar-refractivity contribution >= 4 is 11.7 Å². The van der Waals surface area contributed by atoms with Gasteiger partial charge < -0.3 is 10.3 Å². The summed E-state index contributed by atoms with van der Waals surface area (Å²) in [6.07, 6.45) is -3.06. The number of H-pyrrole nitrogens is 1. The Balaban J connectivity index is 1.82. The molecule has 178 valence electrons. The zero-order valence-corrected chi connectivity index (χ0v) is 18.9. The molecule has 0 aliphatic carbocycles. The predicted molar refractivity (Wildman–Crippen MR) is 127 cm³/mol. The second kappa shape index (κ2) is 9.54. The summed E-state index contributed by atoms with van der Waals surface area (Å²) in [6, 6.07) is 17.0. The number of ketones is 1. The molecule has 2 aromatic heterocycles. The predicted octanol–water partition coefficient (Wildman–Crippen LogP) is 5.89. The molecule has 0 saturated carbocycles. The van der Waals surface area contributed by atoms with E-state index in [2.05, 4.69) is 20.3 Å². The van der Waals surface area contributed by atoms with Crippen LogP contribution in [0.2, 0.25) is 0 Å². The number of anilines is 1. The number of alkyl halides is 3. The average molecular weight is 478 g/mol. The summed E-state index contributed by atoms with van der Waals surface area (Å²) in [4.78, 5) is 35.9. The van der Waals surface area contributed by atoms with Gasteiger partial charge in [0.05, 0.1) is 28.6 Å². The number of rotatable bonds is 6. The molecule has 0 fully saturated rings. The lowest BCUT2D eigenvalue weighted by Gasteiger charge is -2.16. The molecule has 35 heavy (non-hydrogen) atoms. The molecule has 4 rings (SSSR count). The number of carbonyl (C=O) groups excluding carboxylic acids is 1. The topological polar surface area (TPSA) is 87.7 Å². The highest BCUT2D eigenvalue weighted by molar-refractivity contribution is 5.96. The van der Waals surface area contributed by atoms with Crippen LogP contribution in [0.25, 0.3) is 22.5 Å². The van der Waals surface area contributed by atoms with E-state index in [0.29, 0.717) is 11.3 Å². The maximum Gasteiger partial charge on any atom is 0.416 e. The summed E-state index contributed by atoms with van der Waals surface area (Å²) < 4.78 is 40.0. The minimum atomic E-state index is -4.56. The molecule has 0 amide bonds. The molecule has 4 aromatic rings. The Labute approximate surface area is 198 Å². The molecule has 0 radical (unpaired) electrons. The molecule has 0 spiro atoms. The third-order valence-corrected chi connectivity index (χ3v) is 5.48. The van der Waals surface area contributed by atoms with Gasteiger partial charge in [-0.2, -0.15) is 13.2 Å². The lowest BCUT2D eigenvalue weighted by molar-refractivity contribution is -0.137. The van der Waals surface area contributed by atoms with E-state index in [1.165, 1.54) is 31.3 Å². The Morgan fingerprint density at radius 2 is 1.77 bits per heavy atom. The van der Waals surface area contributed by atoms with Crippen LogP contribution < -0.4 is 10.9 Å². The van der Waals surface area contributed by atoms with Crippen molar-refractivity contribution in [3.8, 4) is 22.5 Å². The molecule has 0 aliphatic rings. The Hall–Kier alpha value is -4.27. The zero-order chi connectivity index (χ0) is 25.2. The summed E-state index contributed by atoms with van der Waals surface area (Å²) in [5.74, 6) is -0.197. The fourth-order valence-corrected chi connectivity index (χ4v) is 3.67. The number of benzene rings is 2. The standard InChI is InChI=1S/C26H21F3N4O2/c1-15(17-7-4-3-5-8-17)31-25-30-12-11-22(32-25)21-14-20(16(2)34)24(35)33-23(21)18-9-6-10-19(13-18)26(27,28)29/h3-15H,1-2H3,(H,33,35)(H,30,31,32). The van der Waals surface area contributed by atoms with Gasteiger partial charge in [0, 0.05) is 11.8 Å². The number of halogens is 3. The minimum Gasteiger partial charge on any atom is -0.348 e. The molecule has 2 aromatic carbocycles. The van der Waals surface area contributed by atoms with Crippen LogP contribution in [-0.4, -0.2) is 20.7 Å². The molecule has 0 saturated heterocycles. The molecule has 0 bridgehead atoms. The number of pyridine rings is 1. The van der Waals surface area contributed by atoms with E-state index in [0.717, 1.165) is 17.7 Å². The second-order valence-corrected chi connectivity index (χ2v) is 7.98. The van der Waals surface area contributed by atoms with Gasteiger partial charge in [0.25, 0.3) is 5.56 Å². The van der Waals surface area contributed by atoms with Crippen molar-refractivity contribution in [1.29, 1.82) is 0 Å². The van der Waals surface area contributed by atoms with Crippen LogP contribution in [-0.2, 0) is 6.18 Å². The van der Waals surface area contributed by atoms with Gasteiger partial charge in [-0.3, -0.25) is 9.59 Å². The molecular formula is C26H21F3N4O2. The SMILES string of the molecule is CC(=O)c1cc(-c2ccnc(NC(C)c3ccccc3)n2)c(-c2cccc(C(F)(F)F)c2)[nH]c1=O. The summed E-state index contributed by atoms with van der Waals surface area (Å²) in [6.45, 7) is 3.18. The monoisotopic (exact) mass is 478 g/mol. The number of aromatic nitrogens is 3. The number of nitrogens with zero attached hydrogens (tertiary/aromatic N) is 2. The van der Waals surface area contributed by atoms with E-state index in [9.17, 15) is 22.8 Å². The van der Waals surface area contributed by atoms with Gasteiger partial charge in [0.2, 0.25) is 5.95 Å². The van der Waals surface area contributed by atoms with Crippen LogP contribution in [0.3, 0.4) is 0 Å². The third-order valence-electron chi connectivity index (χ3n) is 5.48. The van der Waals surface area contributed by atoms with E-state index in [1.807, 2.05) is 37.3 Å². The van der Waals surface area contributed by atoms with Gasteiger partial charge in [0.15, 0.2) is 5.78 Å². The first-order valence-corrected chi connectivity index (χ1v) is 10.7. The number of hydrogen-bond acceptors (Lipinski definition) is 5. The van der Waals surface area contributed by atoms with Gasteiger partial charge in [-0.25, -0.2) is 9.97 Å². The van der Waals surface area contributed by atoms with E-state index < -0.39 is 23.1 Å². The number of carbonyl (C=O) groups is 1. The summed E-state index contributed by atoms with van der Waals surface area (Å²) in [5.41, 5.74) is 0.203. The van der Waals surface area contributed by atoms with Gasteiger partial charge >= 0.3 is 6.18 Å². The van der Waals surface area contributed by atoms with Crippen molar-refractivity contribution in [1.82, 2.24) is 15.0 Å². The Bertz CT molecular complexity index is 1430. The lowest BCUT2D eigenvalue weighted by atomic mass is 9.99. The Kier molecular flexibility index (Phi) is 6.50. The summed E-state index contributed by atoms with van der Waals surface area (Å²) >= 11 is 0. The Morgan fingerprint density at radius 3 is 2.46 bits per heavy atom.